The zero-order valence-electron chi connectivity index (χ0n) is 9.50. The van der Waals surface area contributed by atoms with Gasteiger partial charge in [-0.15, -0.1) is 0 Å². The van der Waals surface area contributed by atoms with Gasteiger partial charge in [0.15, 0.2) is 0 Å². The van der Waals surface area contributed by atoms with E-state index in [2.05, 4.69) is 41.6 Å². The van der Waals surface area contributed by atoms with Crippen LogP contribution in [0.4, 0.5) is 5.69 Å². The van der Waals surface area contributed by atoms with Crippen molar-refractivity contribution in [1.82, 2.24) is 4.48 Å². The predicted octanol–water partition coefficient (Wildman–Crippen LogP) is 2.55. The molecule has 1 unspecified atom stereocenters. The Kier molecular flexibility index (Phi) is 3.27. The maximum atomic E-state index is 3.58. The summed E-state index contributed by atoms with van der Waals surface area (Å²) in [4.78, 5) is 0. The van der Waals surface area contributed by atoms with E-state index in [1.807, 2.05) is 0 Å². The van der Waals surface area contributed by atoms with E-state index in [1.54, 1.807) is 11.3 Å². The van der Waals surface area contributed by atoms with Gasteiger partial charge in [-0.25, -0.2) is 0 Å². The van der Waals surface area contributed by atoms with Crippen molar-refractivity contribution in [2.24, 2.45) is 0 Å². The molecule has 1 atom stereocenters. The smallest absolute Gasteiger partial charge is 0.135 e. The van der Waals surface area contributed by atoms with Crippen molar-refractivity contribution < 1.29 is 0 Å². The Labute approximate surface area is 96.1 Å². The molecule has 2 rings (SSSR count). The SMILES string of the molecule is C[N+]1(CCC[Si])CCCc2ccccc21. The van der Waals surface area contributed by atoms with Crippen molar-refractivity contribution in [3.05, 3.63) is 29.8 Å². The molecular weight excluding hydrogens is 198 g/mol. The largest absolute Gasteiger partial charge is 0.293 e. The first-order valence-electron chi connectivity index (χ1n) is 5.84. The maximum absolute atomic E-state index is 3.58. The number of nitrogens with zero attached hydrogens (tertiary/aromatic N) is 1. The number of hydrogen-bond acceptors (Lipinski definition) is 0. The molecule has 0 fully saturated rings. The van der Waals surface area contributed by atoms with E-state index >= 15 is 0 Å². The van der Waals surface area contributed by atoms with Crippen LogP contribution in [0.5, 0.6) is 0 Å². The quantitative estimate of drug-likeness (QED) is 0.539. The predicted molar refractivity (Wildman–Crippen MR) is 67.4 cm³/mol. The number of fused-ring (bicyclic) bond motifs is 1. The van der Waals surface area contributed by atoms with Gasteiger partial charge in [0.25, 0.3) is 0 Å². The second-order valence-electron chi connectivity index (χ2n) is 4.68. The van der Waals surface area contributed by atoms with E-state index in [0.717, 1.165) is 10.5 Å². The molecule has 0 bridgehead atoms. The second-order valence-corrected chi connectivity index (χ2v) is 5.18. The van der Waals surface area contributed by atoms with E-state index in [1.165, 1.54) is 32.4 Å². The molecule has 0 aliphatic carbocycles. The molecule has 0 saturated heterocycles. The molecule has 2 heteroatoms. The zero-order valence-corrected chi connectivity index (χ0v) is 10.5. The van der Waals surface area contributed by atoms with E-state index in [9.17, 15) is 0 Å². The van der Waals surface area contributed by atoms with Crippen molar-refractivity contribution in [3.63, 3.8) is 0 Å². The molecule has 0 N–H and O–H groups in total. The third kappa shape index (κ3) is 2.16. The fraction of sp³-hybridized carbons (Fsp3) is 0.538. The highest BCUT2D eigenvalue weighted by Crippen LogP contribution is 2.31. The van der Waals surface area contributed by atoms with Crippen LogP contribution in [-0.4, -0.2) is 30.4 Å². The fourth-order valence-electron chi connectivity index (χ4n) is 2.65. The Morgan fingerprint density at radius 2 is 2.13 bits per heavy atom. The summed E-state index contributed by atoms with van der Waals surface area (Å²) in [5, 5.41) is 0. The molecule has 1 nitrogen and oxygen atoms in total. The first kappa shape index (κ1) is 10.9. The number of hydrogen-bond donors (Lipinski definition) is 0. The van der Waals surface area contributed by atoms with Crippen molar-refractivity contribution >= 4 is 15.9 Å². The van der Waals surface area contributed by atoms with Crippen LogP contribution in [0.2, 0.25) is 6.04 Å². The Morgan fingerprint density at radius 1 is 1.33 bits per heavy atom. The van der Waals surface area contributed by atoms with Crippen LogP contribution in [0.15, 0.2) is 24.3 Å². The number of quaternary nitrogens is 1. The third-order valence-corrected chi connectivity index (χ3v) is 3.85. The van der Waals surface area contributed by atoms with Gasteiger partial charge in [-0.1, -0.05) is 24.2 Å². The van der Waals surface area contributed by atoms with E-state index in [-0.39, 0.29) is 0 Å². The van der Waals surface area contributed by atoms with Gasteiger partial charge >= 0.3 is 0 Å². The van der Waals surface area contributed by atoms with Gasteiger partial charge < -0.3 is 0 Å². The first-order chi connectivity index (χ1) is 7.26. The highest BCUT2D eigenvalue weighted by molar-refractivity contribution is 6.08. The summed E-state index contributed by atoms with van der Waals surface area (Å²) in [7, 11) is 5.95. The summed E-state index contributed by atoms with van der Waals surface area (Å²) < 4.78 is 1.13. The van der Waals surface area contributed by atoms with Crippen molar-refractivity contribution in [3.8, 4) is 0 Å². The molecule has 1 aromatic rings. The summed E-state index contributed by atoms with van der Waals surface area (Å²) >= 11 is 0. The van der Waals surface area contributed by atoms with Crippen LogP contribution in [0.3, 0.4) is 0 Å². The zero-order chi connectivity index (χ0) is 10.7. The lowest BCUT2D eigenvalue weighted by Gasteiger charge is -2.38. The topological polar surface area (TPSA) is 0 Å². The minimum Gasteiger partial charge on any atom is -0.293 e. The van der Waals surface area contributed by atoms with Crippen LogP contribution in [-0.2, 0) is 6.42 Å². The Bertz CT molecular complexity index is 337. The number of para-hydroxylation sites is 1. The van der Waals surface area contributed by atoms with E-state index < -0.39 is 0 Å². The molecule has 1 aliphatic rings. The molecule has 79 valence electrons. The molecule has 0 amide bonds. The lowest BCUT2D eigenvalue weighted by atomic mass is 9.99. The van der Waals surface area contributed by atoms with Crippen molar-refractivity contribution in [2.75, 3.05) is 20.1 Å². The minimum absolute atomic E-state index is 1.11. The van der Waals surface area contributed by atoms with Gasteiger partial charge in [-0.2, -0.15) is 0 Å². The van der Waals surface area contributed by atoms with Gasteiger partial charge in [0.1, 0.15) is 5.69 Å². The summed E-state index contributed by atoms with van der Waals surface area (Å²) in [5.74, 6) is 0. The van der Waals surface area contributed by atoms with Gasteiger partial charge in [-0.05, 0) is 18.9 Å². The molecule has 1 heterocycles. The Hall–Kier alpha value is -0.603. The average molecular weight is 217 g/mol. The molecule has 1 aliphatic heterocycles. The van der Waals surface area contributed by atoms with Crippen LogP contribution in [0, 0.1) is 0 Å². The molecule has 3 radical (unpaired) electrons. The highest BCUT2D eigenvalue weighted by Gasteiger charge is 2.30. The maximum Gasteiger partial charge on any atom is 0.135 e. The van der Waals surface area contributed by atoms with E-state index in [4.69, 9.17) is 0 Å². The van der Waals surface area contributed by atoms with Gasteiger partial charge in [0.05, 0.1) is 20.1 Å². The highest BCUT2D eigenvalue weighted by atomic mass is 28.1. The molecular formula is C13H19NSi+. The number of aryl methyl sites for hydroxylation is 1. The molecule has 0 spiro atoms. The van der Waals surface area contributed by atoms with Gasteiger partial charge in [0, 0.05) is 22.2 Å². The Balaban J connectivity index is 2.27. The summed E-state index contributed by atoms with van der Waals surface area (Å²) in [6.45, 7) is 2.55. The monoisotopic (exact) mass is 217 g/mol. The molecule has 15 heavy (non-hydrogen) atoms. The van der Waals surface area contributed by atoms with Crippen LogP contribution in [0.25, 0.3) is 0 Å². The lowest BCUT2D eigenvalue weighted by Crippen LogP contribution is -2.49. The average Bonchev–Trinajstić information content (AvgIpc) is 2.27. The normalized spacial score (nSPS) is 24.9. The standard InChI is InChI=1S/C13H19NSi/c1-14(10-5-11-15)9-4-7-12-6-2-3-8-13(12)14/h2-3,6,8H,4-5,7,9-11H2,1H3/q+1. The lowest BCUT2D eigenvalue weighted by molar-refractivity contribution is 0.308. The van der Waals surface area contributed by atoms with Crippen molar-refractivity contribution in [2.45, 2.75) is 25.3 Å². The fourth-order valence-corrected chi connectivity index (χ4v) is 2.81. The van der Waals surface area contributed by atoms with Gasteiger partial charge in [-0.3, -0.25) is 4.48 Å². The van der Waals surface area contributed by atoms with Crippen LogP contribution in [0.1, 0.15) is 18.4 Å². The van der Waals surface area contributed by atoms with Crippen LogP contribution >= 0.6 is 0 Å². The molecule has 1 aromatic carbocycles. The van der Waals surface area contributed by atoms with E-state index in [0.29, 0.717) is 0 Å². The number of rotatable bonds is 3. The molecule has 0 saturated carbocycles. The summed E-state index contributed by atoms with van der Waals surface area (Å²) in [5.41, 5.74) is 3.10. The summed E-state index contributed by atoms with van der Waals surface area (Å²) in [6.07, 6.45) is 3.84. The van der Waals surface area contributed by atoms with Crippen molar-refractivity contribution in [1.29, 1.82) is 0 Å². The van der Waals surface area contributed by atoms with Crippen LogP contribution < -0.4 is 4.48 Å². The third-order valence-electron chi connectivity index (χ3n) is 3.50. The first-order valence-corrected chi connectivity index (χ1v) is 6.54. The number of benzene rings is 1. The second kappa shape index (κ2) is 4.50. The minimum atomic E-state index is 1.11. The molecule has 0 aromatic heterocycles. The Morgan fingerprint density at radius 3 is 2.93 bits per heavy atom. The van der Waals surface area contributed by atoms with Gasteiger partial charge in [0.2, 0.25) is 0 Å². The summed E-state index contributed by atoms with van der Waals surface area (Å²) in [6, 6.07) is 10.0.